The molecule has 0 saturated carbocycles. The molecule has 17 heavy (non-hydrogen) atoms. The summed E-state index contributed by atoms with van der Waals surface area (Å²) in [6.45, 7) is 4.08. The van der Waals surface area contributed by atoms with Crippen molar-refractivity contribution in [1.82, 2.24) is 9.97 Å². The van der Waals surface area contributed by atoms with Crippen LogP contribution in [0.25, 0.3) is 11.0 Å². The first-order chi connectivity index (χ1) is 8.11. The van der Waals surface area contributed by atoms with Gasteiger partial charge in [0, 0.05) is 10.9 Å². The maximum absolute atomic E-state index is 12.2. The van der Waals surface area contributed by atoms with E-state index in [0.717, 1.165) is 23.9 Å². The van der Waals surface area contributed by atoms with Crippen LogP contribution in [0, 0.1) is 0 Å². The highest BCUT2D eigenvalue weighted by Gasteiger charge is 2.16. The zero-order chi connectivity index (χ0) is 12.4. The fourth-order valence-electron chi connectivity index (χ4n) is 1.80. The third-order valence-corrected chi connectivity index (χ3v) is 4.28. The monoisotopic (exact) mass is 251 g/mol. The summed E-state index contributed by atoms with van der Waals surface area (Å²) in [5.74, 6) is 0. The lowest BCUT2D eigenvalue weighted by Crippen LogP contribution is -2.11. The Hall–Kier alpha value is -1.36. The number of nitrogens with zero attached hydrogens (tertiary/aromatic N) is 1. The summed E-state index contributed by atoms with van der Waals surface area (Å²) >= 11 is 0. The van der Waals surface area contributed by atoms with Gasteiger partial charge in [0.05, 0.1) is 21.8 Å². The van der Waals surface area contributed by atoms with Gasteiger partial charge in [-0.15, -0.1) is 0 Å². The first-order valence-corrected chi connectivity index (χ1v) is 6.99. The number of benzene rings is 1. The van der Waals surface area contributed by atoms with Crippen molar-refractivity contribution in [2.24, 2.45) is 0 Å². The van der Waals surface area contributed by atoms with Crippen molar-refractivity contribution in [3.63, 3.8) is 0 Å². The molecule has 2 unspecified atom stereocenters. The average molecular weight is 251 g/mol. The lowest BCUT2D eigenvalue weighted by Gasteiger charge is -2.06. The van der Waals surface area contributed by atoms with Gasteiger partial charge >= 0.3 is 0 Å². The Bertz CT molecular complexity index is 550. The number of nitrogens with two attached hydrogens (primary N) is 1. The zero-order valence-electron chi connectivity index (χ0n) is 10.1. The quantitative estimate of drug-likeness (QED) is 0.820. The van der Waals surface area contributed by atoms with Crippen LogP contribution in [-0.4, -0.2) is 19.4 Å². The molecule has 0 saturated heterocycles. The second-order valence-electron chi connectivity index (χ2n) is 4.22. The van der Waals surface area contributed by atoms with E-state index in [9.17, 15) is 4.21 Å². The summed E-state index contributed by atoms with van der Waals surface area (Å²) in [7, 11) is -1.07. The lowest BCUT2D eigenvalue weighted by molar-refractivity contribution is 0.656. The molecular formula is C12H17N3OS. The summed E-state index contributed by atoms with van der Waals surface area (Å²) in [4.78, 5) is 7.43. The first kappa shape index (κ1) is 12.1. The van der Waals surface area contributed by atoms with Gasteiger partial charge in [0.15, 0.2) is 5.16 Å². The van der Waals surface area contributed by atoms with Crippen LogP contribution in [0.4, 0.5) is 5.69 Å². The Kier molecular flexibility index (Phi) is 3.47. The smallest absolute Gasteiger partial charge is 0.197 e. The third-order valence-electron chi connectivity index (χ3n) is 2.74. The van der Waals surface area contributed by atoms with Gasteiger partial charge < -0.3 is 10.7 Å². The molecule has 1 aromatic carbocycles. The number of hydrogen-bond acceptors (Lipinski definition) is 3. The molecule has 0 amide bonds. The molecule has 0 bridgehead atoms. The Morgan fingerprint density at radius 3 is 3.00 bits per heavy atom. The van der Waals surface area contributed by atoms with Crippen LogP contribution in [0.3, 0.4) is 0 Å². The van der Waals surface area contributed by atoms with Crippen LogP contribution >= 0.6 is 0 Å². The van der Waals surface area contributed by atoms with Gasteiger partial charge in [0.2, 0.25) is 0 Å². The summed E-state index contributed by atoms with van der Waals surface area (Å²) in [5, 5.41) is 0.671. The SMILES string of the molecule is CCCC(C)S(=O)c1nc2ccc(N)cc2[nH]1. The lowest BCUT2D eigenvalue weighted by atomic mass is 10.3. The van der Waals surface area contributed by atoms with Crippen LogP contribution in [-0.2, 0) is 10.8 Å². The predicted octanol–water partition coefficient (Wildman–Crippen LogP) is 2.44. The van der Waals surface area contributed by atoms with E-state index >= 15 is 0 Å². The van der Waals surface area contributed by atoms with Crippen molar-refractivity contribution >= 4 is 27.5 Å². The van der Waals surface area contributed by atoms with E-state index in [1.54, 1.807) is 6.07 Å². The van der Waals surface area contributed by atoms with Crippen molar-refractivity contribution < 1.29 is 4.21 Å². The van der Waals surface area contributed by atoms with E-state index in [4.69, 9.17) is 5.73 Å². The van der Waals surface area contributed by atoms with Crippen LogP contribution < -0.4 is 5.73 Å². The first-order valence-electron chi connectivity index (χ1n) is 5.77. The number of aromatic nitrogens is 2. The van der Waals surface area contributed by atoms with Crippen molar-refractivity contribution in [1.29, 1.82) is 0 Å². The molecule has 0 fully saturated rings. The molecule has 1 heterocycles. The fourth-order valence-corrected chi connectivity index (χ4v) is 3.03. The van der Waals surface area contributed by atoms with Crippen LogP contribution in [0.1, 0.15) is 26.7 Å². The number of nitrogens with one attached hydrogen (secondary N) is 1. The van der Waals surface area contributed by atoms with E-state index in [0.29, 0.717) is 10.8 Å². The van der Waals surface area contributed by atoms with Crippen LogP contribution in [0.15, 0.2) is 23.4 Å². The van der Waals surface area contributed by atoms with Crippen LogP contribution in [0.2, 0.25) is 0 Å². The molecule has 2 atom stereocenters. The van der Waals surface area contributed by atoms with Crippen LogP contribution in [0.5, 0.6) is 0 Å². The summed E-state index contributed by atoms with van der Waals surface area (Å²) in [6, 6.07) is 5.45. The molecule has 0 aliphatic rings. The molecule has 2 aromatic rings. The minimum Gasteiger partial charge on any atom is -0.399 e. The highest BCUT2D eigenvalue weighted by Crippen LogP contribution is 2.19. The predicted molar refractivity (Wildman–Crippen MR) is 71.3 cm³/mol. The molecule has 0 spiro atoms. The largest absolute Gasteiger partial charge is 0.399 e. The van der Waals surface area contributed by atoms with Gasteiger partial charge in [-0.25, -0.2) is 4.98 Å². The number of anilines is 1. The standard InChI is InChI=1S/C12H17N3OS/c1-3-4-8(2)17(16)12-14-10-6-5-9(13)7-11(10)15-12/h5-8H,3-4,13H2,1-2H3,(H,14,15). The molecule has 92 valence electrons. The Morgan fingerprint density at radius 1 is 1.53 bits per heavy atom. The maximum Gasteiger partial charge on any atom is 0.197 e. The number of nitrogen functional groups attached to an aromatic ring is 1. The minimum atomic E-state index is -1.07. The highest BCUT2D eigenvalue weighted by atomic mass is 32.2. The number of hydrogen-bond donors (Lipinski definition) is 2. The Labute approximate surface area is 103 Å². The van der Waals surface area contributed by atoms with E-state index in [-0.39, 0.29) is 5.25 Å². The third kappa shape index (κ3) is 2.49. The Balaban J connectivity index is 2.33. The minimum absolute atomic E-state index is 0.123. The second-order valence-corrected chi connectivity index (χ2v) is 6.00. The number of fused-ring (bicyclic) bond motifs is 1. The van der Waals surface area contributed by atoms with Crippen molar-refractivity contribution in [3.05, 3.63) is 18.2 Å². The molecule has 0 aliphatic carbocycles. The molecule has 0 aliphatic heterocycles. The van der Waals surface area contributed by atoms with E-state index in [2.05, 4.69) is 16.9 Å². The fraction of sp³-hybridized carbons (Fsp3) is 0.417. The molecule has 1 aromatic heterocycles. The molecule has 4 nitrogen and oxygen atoms in total. The molecule has 5 heteroatoms. The van der Waals surface area contributed by atoms with Gasteiger partial charge in [-0.2, -0.15) is 0 Å². The van der Waals surface area contributed by atoms with Crippen molar-refractivity contribution in [3.8, 4) is 0 Å². The summed E-state index contributed by atoms with van der Waals surface area (Å²) in [6.07, 6.45) is 1.96. The molecule has 0 radical (unpaired) electrons. The Morgan fingerprint density at radius 2 is 2.29 bits per heavy atom. The second kappa shape index (κ2) is 4.87. The number of imidazole rings is 1. The van der Waals surface area contributed by atoms with Gasteiger partial charge in [-0.05, 0) is 24.6 Å². The molecular weight excluding hydrogens is 234 g/mol. The van der Waals surface area contributed by atoms with Gasteiger partial charge in [0.25, 0.3) is 0 Å². The molecule has 2 rings (SSSR count). The normalized spacial score (nSPS) is 14.9. The average Bonchev–Trinajstić information content (AvgIpc) is 2.71. The number of aromatic amines is 1. The van der Waals surface area contributed by atoms with Gasteiger partial charge in [0.1, 0.15) is 0 Å². The molecule has 3 N–H and O–H groups in total. The van der Waals surface area contributed by atoms with Gasteiger partial charge in [-0.3, -0.25) is 4.21 Å². The number of H-pyrrole nitrogens is 1. The maximum atomic E-state index is 12.2. The van der Waals surface area contributed by atoms with Gasteiger partial charge in [-0.1, -0.05) is 20.3 Å². The van der Waals surface area contributed by atoms with E-state index < -0.39 is 10.8 Å². The summed E-state index contributed by atoms with van der Waals surface area (Å²) in [5.41, 5.74) is 8.03. The van der Waals surface area contributed by atoms with Crippen molar-refractivity contribution in [2.75, 3.05) is 5.73 Å². The highest BCUT2D eigenvalue weighted by molar-refractivity contribution is 7.85. The zero-order valence-corrected chi connectivity index (χ0v) is 10.9. The van der Waals surface area contributed by atoms with E-state index in [1.807, 2.05) is 19.1 Å². The number of rotatable bonds is 4. The topological polar surface area (TPSA) is 71.8 Å². The summed E-state index contributed by atoms with van der Waals surface area (Å²) < 4.78 is 12.2. The van der Waals surface area contributed by atoms with E-state index in [1.165, 1.54) is 0 Å². The van der Waals surface area contributed by atoms with Crippen molar-refractivity contribution in [2.45, 2.75) is 37.1 Å².